The van der Waals surface area contributed by atoms with E-state index in [1.54, 1.807) is 24.6 Å². The van der Waals surface area contributed by atoms with Crippen LogP contribution in [0.2, 0.25) is 0 Å². The maximum atomic E-state index is 12.0. The Hall–Kier alpha value is -3.74. The average Bonchev–Trinajstić information content (AvgIpc) is 2.82. The Bertz CT molecular complexity index is 1500. The van der Waals surface area contributed by atoms with Crippen molar-refractivity contribution in [3.63, 3.8) is 0 Å². The number of carboxylic acids is 1. The Morgan fingerprint density at radius 1 is 0.938 bits per heavy atom. The van der Waals surface area contributed by atoms with Crippen molar-refractivity contribution in [1.82, 2.24) is 9.97 Å². The van der Waals surface area contributed by atoms with Crippen molar-refractivity contribution in [1.29, 1.82) is 0 Å². The molecule has 5 rings (SSSR count). The third kappa shape index (κ3) is 3.49. The molecule has 0 radical (unpaired) electrons. The first kappa shape index (κ1) is 20.2. The highest BCUT2D eigenvalue weighted by Gasteiger charge is 2.17. The number of fused-ring (bicyclic) bond motifs is 2. The molecule has 32 heavy (non-hydrogen) atoms. The molecule has 0 fully saturated rings. The number of carboxylic acid groups (broad SMARTS) is 1. The summed E-state index contributed by atoms with van der Waals surface area (Å²) in [7, 11) is 0. The Morgan fingerprint density at radius 3 is 2.53 bits per heavy atom. The van der Waals surface area contributed by atoms with Crippen LogP contribution in [0.4, 0.5) is 0 Å². The third-order valence-corrected chi connectivity index (χ3v) is 6.38. The highest BCUT2D eigenvalue weighted by molar-refractivity contribution is 7.90. The Balaban J connectivity index is 1.80. The third-order valence-electron chi connectivity index (χ3n) is 5.46. The smallest absolute Gasteiger partial charge is 0.336 e. The molecule has 0 aliphatic rings. The summed E-state index contributed by atoms with van der Waals surface area (Å²) in [5.74, 6) is -0.964. The quantitative estimate of drug-likeness (QED) is 0.372. The number of aromatic nitrogens is 2. The van der Waals surface area contributed by atoms with Crippen LogP contribution in [0.15, 0.2) is 90.0 Å². The summed E-state index contributed by atoms with van der Waals surface area (Å²) in [4.78, 5) is 21.9. The number of pyridine rings is 2. The van der Waals surface area contributed by atoms with E-state index in [9.17, 15) is 14.5 Å². The lowest BCUT2D eigenvalue weighted by Gasteiger charge is -2.13. The van der Waals surface area contributed by atoms with E-state index in [0.29, 0.717) is 11.1 Å². The summed E-state index contributed by atoms with van der Waals surface area (Å²) in [6.07, 6.45) is 3.38. The minimum atomic E-state index is -1.12. The van der Waals surface area contributed by atoms with Gasteiger partial charge in [0.15, 0.2) is 4.90 Å². The predicted molar refractivity (Wildman–Crippen MR) is 127 cm³/mol. The van der Waals surface area contributed by atoms with Gasteiger partial charge < -0.3 is 9.66 Å². The van der Waals surface area contributed by atoms with Gasteiger partial charge in [0.25, 0.3) is 0 Å². The minimum Gasteiger partial charge on any atom is -0.612 e. The average molecular weight is 439 g/mol. The molecule has 2 aromatic heterocycles. The van der Waals surface area contributed by atoms with Gasteiger partial charge in [-0.3, -0.25) is 4.98 Å². The summed E-state index contributed by atoms with van der Waals surface area (Å²) >= 11 is -1.12. The molecular weight excluding hydrogens is 420 g/mol. The van der Waals surface area contributed by atoms with Gasteiger partial charge in [0, 0.05) is 28.8 Å². The van der Waals surface area contributed by atoms with E-state index in [0.717, 1.165) is 38.0 Å². The molecule has 1 N–H and O–H groups in total. The SMILES string of the molecule is C[S+]([O-])c1cccc(-c2nc(-c3ccc(C(=O)O)c4ccccc34)cc3cccnc23)c1. The van der Waals surface area contributed by atoms with Gasteiger partial charge in [-0.1, -0.05) is 48.5 Å². The molecule has 0 saturated carbocycles. The predicted octanol–water partition coefficient (Wildman–Crippen LogP) is 5.55. The molecule has 6 heteroatoms. The molecule has 0 aliphatic carbocycles. The molecule has 5 nitrogen and oxygen atoms in total. The van der Waals surface area contributed by atoms with Gasteiger partial charge >= 0.3 is 5.97 Å². The van der Waals surface area contributed by atoms with E-state index >= 15 is 0 Å². The maximum Gasteiger partial charge on any atom is 0.336 e. The maximum absolute atomic E-state index is 12.0. The molecule has 0 aliphatic heterocycles. The number of aromatic carboxylic acids is 1. The van der Waals surface area contributed by atoms with E-state index in [1.807, 2.05) is 66.7 Å². The van der Waals surface area contributed by atoms with Crippen LogP contribution in [0.25, 0.3) is 44.2 Å². The summed E-state index contributed by atoms with van der Waals surface area (Å²) in [5.41, 5.74) is 4.09. The number of carbonyl (C=O) groups is 1. The second-order valence-corrected chi connectivity index (χ2v) is 8.80. The van der Waals surface area contributed by atoms with Crippen molar-refractivity contribution in [3.05, 3.63) is 90.6 Å². The van der Waals surface area contributed by atoms with E-state index in [1.165, 1.54) is 0 Å². The highest BCUT2D eigenvalue weighted by Crippen LogP contribution is 2.35. The molecule has 1 unspecified atom stereocenters. The molecular formula is C26H18N2O3S. The molecule has 0 amide bonds. The van der Waals surface area contributed by atoms with Gasteiger partial charge in [-0.05, 0) is 46.2 Å². The van der Waals surface area contributed by atoms with Crippen molar-refractivity contribution in [2.75, 3.05) is 6.26 Å². The first-order valence-corrected chi connectivity index (χ1v) is 11.5. The first-order valence-electron chi connectivity index (χ1n) is 9.98. The molecule has 0 saturated heterocycles. The van der Waals surface area contributed by atoms with Crippen molar-refractivity contribution >= 4 is 38.8 Å². The lowest BCUT2D eigenvalue weighted by atomic mass is 9.96. The van der Waals surface area contributed by atoms with Crippen LogP contribution in [0.5, 0.6) is 0 Å². The fraction of sp³-hybridized carbons (Fsp3) is 0.0385. The number of hydrogen-bond acceptors (Lipinski definition) is 4. The van der Waals surface area contributed by atoms with E-state index < -0.39 is 17.1 Å². The Labute approximate surface area is 187 Å². The van der Waals surface area contributed by atoms with Gasteiger partial charge in [-0.15, -0.1) is 0 Å². The summed E-state index contributed by atoms with van der Waals surface area (Å²) in [6.45, 7) is 0. The minimum absolute atomic E-state index is 0.255. The van der Waals surface area contributed by atoms with E-state index in [2.05, 4.69) is 4.98 Å². The summed E-state index contributed by atoms with van der Waals surface area (Å²) < 4.78 is 12.0. The van der Waals surface area contributed by atoms with Gasteiger partial charge in [-0.2, -0.15) is 0 Å². The van der Waals surface area contributed by atoms with Crippen LogP contribution in [-0.2, 0) is 11.2 Å². The van der Waals surface area contributed by atoms with Gasteiger partial charge in [0.05, 0.1) is 22.5 Å². The Morgan fingerprint density at radius 2 is 1.75 bits per heavy atom. The van der Waals surface area contributed by atoms with Crippen molar-refractivity contribution in [2.24, 2.45) is 0 Å². The van der Waals surface area contributed by atoms with Gasteiger partial charge in [0.1, 0.15) is 6.26 Å². The normalized spacial score (nSPS) is 12.2. The van der Waals surface area contributed by atoms with Gasteiger partial charge in [-0.25, -0.2) is 9.78 Å². The van der Waals surface area contributed by atoms with E-state index in [4.69, 9.17) is 4.98 Å². The second-order valence-electron chi connectivity index (χ2n) is 7.42. The van der Waals surface area contributed by atoms with Crippen molar-refractivity contribution in [2.45, 2.75) is 4.90 Å². The van der Waals surface area contributed by atoms with Crippen LogP contribution in [0.1, 0.15) is 10.4 Å². The van der Waals surface area contributed by atoms with Crippen LogP contribution in [-0.4, -0.2) is 31.9 Å². The zero-order valence-electron chi connectivity index (χ0n) is 17.1. The monoisotopic (exact) mass is 438 g/mol. The molecule has 5 aromatic rings. The number of rotatable bonds is 4. The number of hydrogen-bond donors (Lipinski definition) is 1. The first-order chi connectivity index (χ1) is 15.5. The zero-order valence-corrected chi connectivity index (χ0v) is 18.0. The zero-order chi connectivity index (χ0) is 22.2. The molecule has 2 heterocycles. The van der Waals surface area contributed by atoms with Crippen molar-refractivity contribution < 1.29 is 14.5 Å². The van der Waals surface area contributed by atoms with Gasteiger partial charge in [0.2, 0.25) is 0 Å². The van der Waals surface area contributed by atoms with E-state index in [-0.39, 0.29) is 5.56 Å². The van der Waals surface area contributed by atoms with Crippen molar-refractivity contribution in [3.8, 4) is 22.5 Å². The summed E-state index contributed by atoms with van der Waals surface area (Å²) in [6, 6.07) is 24.2. The topological polar surface area (TPSA) is 86.1 Å². The number of nitrogens with zero attached hydrogens (tertiary/aromatic N) is 2. The lowest BCUT2D eigenvalue weighted by molar-refractivity contribution is 0.0699. The summed E-state index contributed by atoms with van der Waals surface area (Å²) in [5, 5.41) is 12.0. The molecule has 1 atom stereocenters. The highest BCUT2D eigenvalue weighted by atomic mass is 32.2. The molecule has 0 bridgehead atoms. The van der Waals surface area contributed by atoms with Crippen LogP contribution in [0, 0.1) is 0 Å². The number of benzene rings is 3. The molecule has 0 spiro atoms. The van der Waals surface area contributed by atoms with Crippen LogP contribution >= 0.6 is 0 Å². The standard InChI is InChI=1S/C26H18N2O3S/c1-32(31)18-8-4-6-16(14-18)25-24-17(7-5-13-27-24)15-23(28-25)21-11-12-22(26(29)30)20-10-3-2-9-19(20)21/h2-15H,1H3,(H,29,30). The largest absolute Gasteiger partial charge is 0.612 e. The van der Waals surface area contributed by atoms with Crippen LogP contribution in [0.3, 0.4) is 0 Å². The molecule has 3 aromatic carbocycles. The van der Waals surface area contributed by atoms with Crippen LogP contribution < -0.4 is 0 Å². The fourth-order valence-corrected chi connectivity index (χ4v) is 4.52. The lowest BCUT2D eigenvalue weighted by Crippen LogP contribution is -2.00. The molecule has 156 valence electrons. The second kappa shape index (κ2) is 8.07. The Kier molecular flexibility index (Phi) is 5.09. The fourth-order valence-electron chi connectivity index (χ4n) is 3.96.